The van der Waals surface area contributed by atoms with Gasteiger partial charge in [0.05, 0.1) is 46.7 Å². The molecule has 0 aliphatic carbocycles. The number of carbonyl (C=O) groups excluding carboxylic acids is 2. The van der Waals surface area contributed by atoms with E-state index in [9.17, 15) is 14.4 Å². The number of ether oxygens (including phenoxy) is 3. The summed E-state index contributed by atoms with van der Waals surface area (Å²) in [4.78, 5) is 44.6. The van der Waals surface area contributed by atoms with Crippen molar-refractivity contribution in [2.75, 3.05) is 13.2 Å². The van der Waals surface area contributed by atoms with E-state index >= 15 is 0 Å². The predicted molar refractivity (Wildman–Crippen MR) is 174 cm³/mol. The number of nitrogens with zero attached hydrogens (tertiary/aromatic N) is 3. The Balaban J connectivity index is 1.60. The first-order valence-corrected chi connectivity index (χ1v) is 15.8. The van der Waals surface area contributed by atoms with Crippen LogP contribution in [0.1, 0.15) is 73.5 Å². The molecule has 4 aromatic rings. The SMILES string of the molecule is CCOC(=O)C1=C(C)N=c2s/c(=C\c3cc(C)n(-c4ccc(C(=O)OCC)cc4)c3C)c(=O)n2[C@H]1c1ccc(OC(C)C)cc1. The Morgan fingerprint density at radius 3 is 2.22 bits per heavy atom. The van der Waals surface area contributed by atoms with Crippen LogP contribution in [0.25, 0.3) is 11.8 Å². The number of rotatable bonds is 9. The van der Waals surface area contributed by atoms with Crippen molar-refractivity contribution in [1.29, 1.82) is 0 Å². The Labute approximate surface area is 265 Å². The van der Waals surface area contributed by atoms with Gasteiger partial charge in [-0.3, -0.25) is 9.36 Å². The largest absolute Gasteiger partial charge is 0.491 e. The fourth-order valence-corrected chi connectivity index (χ4v) is 6.58. The molecule has 0 saturated heterocycles. The van der Waals surface area contributed by atoms with Crippen LogP contribution in [0.3, 0.4) is 0 Å². The third-order valence-corrected chi connectivity index (χ3v) is 8.46. The van der Waals surface area contributed by atoms with Gasteiger partial charge in [-0.25, -0.2) is 14.6 Å². The Morgan fingerprint density at radius 2 is 1.60 bits per heavy atom. The summed E-state index contributed by atoms with van der Waals surface area (Å²) in [5.74, 6) is -0.163. The number of hydrogen-bond acceptors (Lipinski definition) is 8. The average Bonchev–Trinajstić information content (AvgIpc) is 3.46. The Hall–Kier alpha value is -4.70. The van der Waals surface area contributed by atoms with Crippen molar-refractivity contribution in [2.24, 2.45) is 4.99 Å². The van der Waals surface area contributed by atoms with Crippen LogP contribution in [-0.4, -0.2) is 40.4 Å². The number of aromatic nitrogens is 2. The second-order valence-corrected chi connectivity index (χ2v) is 12.0. The minimum absolute atomic E-state index is 0.0108. The van der Waals surface area contributed by atoms with E-state index in [1.807, 2.05) is 76.2 Å². The number of hydrogen-bond donors (Lipinski definition) is 0. The van der Waals surface area contributed by atoms with E-state index in [0.29, 0.717) is 38.5 Å². The van der Waals surface area contributed by atoms with Crippen LogP contribution in [0, 0.1) is 13.8 Å². The molecule has 10 heteroatoms. The molecule has 0 N–H and O–H groups in total. The lowest BCUT2D eigenvalue weighted by molar-refractivity contribution is -0.139. The average molecular weight is 628 g/mol. The van der Waals surface area contributed by atoms with E-state index in [2.05, 4.69) is 9.56 Å². The topological polar surface area (TPSA) is 101 Å². The number of aryl methyl sites for hydroxylation is 1. The summed E-state index contributed by atoms with van der Waals surface area (Å²) in [6.45, 7) is 13.7. The molecule has 234 valence electrons. The molecular formula is C35H37N3O6S. The minimum Gasteiger partial charge on any atom is -0.491 e. The molecule has 1 aliphatic rings. The number of carbonyl (C=O) groups is 2. The molecule has 0 amide bonds. The standard InChI is InChI=1S/C35H37N3O6S/c1-8-42-33(40)25-10-14-27(15-11-25)37-21(5)18-26(23(37)7)19-29-32(39)38-31(24-12-16-28(17-13-24)44-20(3)4)30(34(41)43-9-2)22(6)36-35(38)45-29/h10-20,31H,8-9H2,1-7H3/b29-19-/t31-/m0/s1. The Morgan fingerprint density at radius 1 is 0.956 bits per heavy atom. The van der Waals surface area contributed by atoms with E-state index in [1.165, 1.54) is 11.3 Å². The maximum atomic E-state index is 14.1. The van der Waals surface area contributed by atoms with Crippen LogP contribution < -0.4 is 19.6 Å². The molecule has 0 spiro atoms. The van der Waals surface area contributed by atoms with Crippen LogP contribution in [-0.2, 0) is 14.3 Å². The molecule has 0 bridgehead atoms. The maximum Gasteiger partial charge on any atom is 0.338 e. The summed E-state index contributed by atoms with van der Waals surface area (Å²) in [5.41, 5.74) is 5.50. The van der Waals surface area contributed by atoms with E-state index in [-0.39, 0.29) is 24.2 Å². The second kappa shape index (κ2) is 13.1. The Bertz CT molecular complexity index is 1960. The van der Waals surface area contributed by atoms with E-state index in [1.54, 1.807) is 37.5 Å². The summed E-state index contributed by atoms with van der Waals surface area (Å²) < 4.78 is 20.5. The smallest absolute Gasteiger partial charge is 0.338 e. The van der Waals surface area contributed by atoms with Crippen molar-refractivity contribution < 1.29 is 23.8 Å². The van der Waals surface area contributed by atoms with Crippen molar-refractivity contribution in [1.82, 2.24) is 9.13 Å². The summed E-state index contributed by atoms with van der Waals surface area (Å²) in [6, 6.07) is 16.0. The fraction of sp³-hybridized carbons (Fsp3) is 0.314. The predicted octanol–water partition coefficient (Wildman–Crippen LogP) is 5.17. The highest BCUT2D eigenvalue weighted by molar-refractivity contribution is 7.07. The van der Waals surface area contributed by atoms with E-state index in [4.69, 9.17) is 14.2 Å². The zero-order chi connectivity index (χ0) is 32.4. The molecule has 0 saturated carbocycles. The van der Waals surface area contributed by atoms with Crippen molar-refractivity contribution in [2.45, 2.75) is 60.6 Å². The number of fused-ring (bicyclic) bond motifs is 1. The molecule has 2 aromatic heterocycles. The van der Waals surface area contributed by atoms with Crippen LogP contribution >= 0.6 is 11.3 Å². The highest BCUT2D eigenvalue weighted by Gasteiger charge is 2.33. The highest BCUT2D eigenvalue weighted by atomic mass is 32.1. The number of allylic oxidation sites excluding steroid dienone is 1. The molecule has 0 unspecified atom stereocenters. The minimum atomic E-state index is -0.708. The van der Waals surface area contributed by atoms with Crippen LogP contribution in [0.2, 0.25) is 0 Å². The van der Waals surface area contributed by atoms with Crippen LogP contribution in [0.5, 0.6) is 5.75 Å². The molecule has 45 heavy (non-hydrogen) atoms. The molecule has 1 atom stereocenters. The zero-order valence-electron chi connectivity index (χ0n) is 26.5. The van der Waals surface area contributed by atoms with Crippen LogP contribution in [0.4, 0.5) is 0 Å². The van der Waals surface area contributed by atoms with Crippen molar-refractivity contribution in [3.8, 4) is 11.4 Å². The summed E-state index contributed by atoms with van der Waals surface area (Å²) in [7, 11) is 0. The molecular weight excluding hydrogens is 590 g/mol. The maximum absolute atomic E-state index is 14.1. The molecule has 3 heterocycles. The van der Waals surface area contributed by atoms with Crippen molar-refractivity contribution in [3.63, 3.8) is 0 Å². The van der Waals surface area contributed by atoms with Gasteiger partial charge in [-0.2, -0.15) is 0 Å². The lowest BCUT2D eigenvalue weighted by atomic mass is 9.96. The summed E-state index contributed by atoms with van der Waals surface area (Å²) in [6.07, 6.45) is 1.88. The summed E-state index contributed by atoms with van der Waals surface area (Å²) >= 11 is 1.28. The number of benzene rings is 2. The third kappa shape index (κ3) is 6.28. The molecule has 2 aromatic carbocycles. The highest BCUT2D eigenvalue weighted by Crippen LogP contribution is 2.32. The molecule has 5 rings (SSSR count). The van der Waals surface area contributed by atoms with Gasteiger partial charge in [-0.1, -0.05) is 23.5 Å². The monoisotopic (exact) mass is 627 g/mol. The van der Waals surface area contributed by atoms with Gasteiger partial charge in [0.15, 0.2) is 4.80 Å². The summed E-state index contributed by atoms with van der Waals surface area (Å²) in [5, 5.41) is 0. The van der Waals surface area contributed by atoms with Gasteiger partial charge in [-0.05, 0) is 108 Å². The quantitative estimate of drug-likeness (QED) is 0.238. The van der Waals surface area contributed by atoms with Crippen molar-refractivity contribution in [3.05, 3.63) is 114 Å². The normalized spacial score (nSPS) is 14.8. The number of thiazole rings is 1. The second-order valence-electron chi connectivity index (χ2n) is 11.0. The van der Waals surface area contributed by atoms with Gasteiger partial charge in [-0.15, -0.1) is 0 Å². The van der Waals surface area contributed by atoms with Crippen molar-refractivity contribution >= 4 is 29.4 Å². The van der Waals surface area contributed by atoms with Gasteiger partial charge in [0.1, 0.15) is 5.75 Å². The van der Waals surface area contributed by atoms with Gasteiger partial charge in [0.25, 0.3) is 5.56 Å². The number of esters is 2. The lowest BCUT2D eigenvalue weighted by Gasteiger charge is -2.25. The Kier molecular flexibility index (Phi) is 9.24. The van der Waals surface area contributed by atoms with E-state index in [0.717, 1.165) is 28.2 Å². The first-order chi connectivity index (χ1) is 21.5. The van der Waals surface area contributed by atoms with Gasteiger partial charge < -0.3 is 18.8 Å². The van der Waals surface area contributed by atoms with Crippen LogP contribution in [0.15, 0.2) is 75.7 Å². The lowest BCUT2D eigenvalue weighted by Crippen LogP contribution is -2.39. The van der Waals surface area contributed by atoms with Gasteiger partial charge in [0, 0.05) is 17.1 Å². The third-order valence-electron chi connectivity index (χ3n) is 7.48. The van der Waals surface area contributed by atoms with E-state index < -0.39 is 12.0 Å². The molecule has 0 fully saturated rings. The molecule has 9 nitrogen and oxygen atoms in total. The van der Waals surface area contributed by atoms with Gasteiger partial charge in [0.2, 0.25) is 0 Å². The molecule has 0 radical (unpaired) electrons. The molecule has 1 aliphatic heterocycles. The first kappa shape index (κ1) is 31.7. The fourth-order valence-electron chi connectivity index (χ4n) is 5.54. The zero-order valence-corrected chi connectivity index (χ0v) is 27.4. The first-order valence-electron chi connectivity index (χ1n) is 15.0. The van der Waals surface area contributed by atoms with Gasteiger partial charge >= 0.3 is 11.9 Å².